The number of nitrogens with two attached hydrogens (primary N) is 1. The van der Waals surface area contributed by atoms with Gasteiger partial charge in [-0.3, -0.25) is 0 Å². The van der Waals surface area contributed by atoms with Crippen LogP contribution < -0.4 is 5.73 Å². The molecule has 0 aliphatic carbocycles. The summed E-state index contributed by atoms with van der Waals surface area (Å²) in [6.45, 7) is 11.2. The second-order valence-corrected chi connectivity index (χ2v) is 7.55. The fourth-order valence-corrected chi connectivity index (χ4v) is 3.78. The molecule has 2 heterocycles. The summed E-state index contributed by atoms with van der Waals surface area (Å²) in [5.74, 6) is 0.595. The molecule has 0 spiro atoms. The third-order valence-electron chi connectivity index (χ3n) is 3.24. The third kappa shape index (κ3) is 5.59. The molecule has 2 N–H and O–H groups in total. The van der Waals surface area contributed by atoms with E-state index in [1.54, 1.807) is 0 Å². The molecule has 5 nitrogen and oxygen atoms in total. The molecule has 1 aliphatic rings. The van der Waals surface area contributed by atoms with Gasteiger partial charge in [0.15, 0.2) is 0 Å². The molecule has 21 heavy (non-hydrogen) atoms. The summed E-state index contributed by atoms with van der Waals surface area (Å²) in [5, 5.41) is 0. The molecule has 1 aromatic heterocycles. The Kier molecular flexibility index (Phi) is 5.66. The molecule has 1 aliphatic heterocycles. The van der Waals surface area contributed by atoms with Crippen molar-refractivity contribution in [2.75, 3.05) is 31.9 Å². The van der Waals surface area contributed by atoms with E-state index in [9.17, 15) is 0 Å². The molecule has 0 aromatic carbocycles. The molecule has 1 fully saturated rings. The van der Waals surface area contributed by atoms with Crippen LogP contribution in [0.25, 0.3) is 0 Å². The molecule has 0 atom stereocenters. The monoisotopic (exact) mass is 460 g/mol. The van der Waals surface area contributed by atoms with Gasteiger partial charge in [-0.1, -0.05) is 0 Å². The molecule has 116 valence electrons. The SMILES string of the molecule is CC(C)(C)O[C](=[W])N1CCN(Cc2cccc(N)n2)CC1. The van der Waals surface area contributed by atoms with Crippen LogP contribution in [0.15, 0.2) is 18.2 Å². The van der Waals surface area contributed by atoms with Crippen LogP contribution in [-0.4, -0.2) is 50.8 Å². The Labute approximate surface area is 137 Å². The predicted molar refractivity (Wildman–Crippen MR) is 81.3 cm³/mol. The number of hydrogen-bond acceptors (Lipinski definition) is 5. The van der Waals surface area contributed by atoms with Gasteiger partial charge in [0, 0.05) is 0 Å². The molecule has 0 unspecified atom stereocenters. The second kappa shape index (κ2) is 7.10. The molecule has 0 radical (unpaired) electrons. The van der Waals surface area contributed by atoms with E-state index in [1.165, 1.54) is 19.4 Å². The number of aromatic nitrogens is 1. The van der Waals surface area contributed by atoms with Crippen molar-refractivity contribution in [3.05, 3.63) is 23.9 Å². The van der Waals surface area contributed by atoms with Crippen molar-refractivity contribution in [3.63, 3.8) is 0 Å². The van der Waals surface area contributed by atoms with Crippen LogP contribution in [0.2, 0.25) is 0 Å². The fourth-order valence-electron chi connectivity index (χ4n) is 2.23. The molecule has 0 bridgehead atoms. The first-order valence-electron chi connectivity index (χ1n) is 7.25. The molecule has 0 saturated carbocycles. The quantitative estimate of drug-likeness (QED) is 0.733. The van der Waals surface area contributed by atoms with E-state index in [0.717, 1.165) is 42.6 Å². The van der Waals surface area contributed by atoms with Gasteiger partial charge in [0.1, 0.15) is 0 Å². The molecular weight excluding hydrogens is 436 g/mol. The number of pyridine rings is 1. The summed E-state index contributed by atoms with van der Waals surface area (Å²) in [5.41, 5.74) is 6.66. The van der Waals surface area contributed by atoms with Gasteiger partial charge in [0.05, 0.1) is 0 Å². The summed E-state index contributed by atoms with van der Waals surface area (Å²) in [4.78, 5) is 9.13. The van der Waals surface area contributed by atoms with Gasteiger partial charge in [0.25, 0.3) is 0 Å². The zero-order valence-electron chi connectivity index (χ0n) is 13.0. The van der Waals surface area contributed by atoms with Crippen LogP contribution in [0.1, 0.15) is 26.5 Å². The summed E-state index contributed by atoms with van der Waals surface area (Å²) >= 11 is 1.39. The number of anilines is 1. The van der Waals surface area contributed by atoms with Crippen LogP contribution in [0.3, 0.4) is 0 Å². The van der Waals surface area contributed by atoms with E-state index in [4.69, 9.17) is 10.5 Å². The molecule has 2 rings (SSSR count). The van der Waals surface area contributed by atoms with Gasteiger partial charge in [0.2, 0.25) is 0 Å². The summed E-state index contributed by atoms with van der Waals surface area (Å²) < 4.78 is 7.08. The van der Waals surface area contributed by atoms with Crippen LogP contribution >= 0.6 is 0 Å². The molecule has 1 aromatic rings. The third-order valence-corrected chi connectivity index (χ3v) is 4.46. The van der Waals surface area contributed by atoms with E-state index in [-0.39, 0.29) is 5.60 Å². The van der Waals surface area contributed by atoms with Crippen molar-refractivity contribution in [1.29, 1.82) is 0 Å². The standard InChI is InChI=1S/C15H24N4O.W/c1-15(2,3)20-12-19-9-7-18(8-10-19)11-13-5-4-6-14(16)17-13;/h4-6H,7-11H2,1-3H3,(H2,16,17);. The first-order chi connectivity index (χ1) is 9.83. The Morgan fingerprint density at radius 1 is 1.29 bits per heavy atom. The zero-order valence-corrected chi connectivity index (χ0v) is 15.9. The summed E-state index contributed by atoms with van der Waals surface area (Å²) in [6.07, 6.45) is 0. The normalized spacial score (nSPS) is 17.9. The van der Waals surface area contributed by atoms with Crippen molar-refractivity contribution >= 4 is 10.0 Å². The Bertz CT molecular complexity index is 493. The van der Waals surface area contributed by atoms with Crippen molar-refractivity contribution in [3.8, 4) is 0 Å². The maximum absolute atomic E-state index is 5.98. The van der Waals surface area contributed by atoms with E-state index in [0.29, 0.717) is 5.82 Å². The Morgan fingerprint density at radius 3 is 2.52 bits per heavy atom. The second-order valence-electron chi connectivity index (χ2n) is 6.30. The minimum atomic E-state index is -0.111. The van der Waals surface area contributed by atoms with Crippen molar-refractivity contribution < 1.29 is 24.1 Å². The van der Waals surface area contributed by atoms with Crippen LogP contribution in [-0.2, 0) is 30.6 Å². The van der Waals surface area contributed by atoms with Gasteiger partial charge in [-0.05, 0) is 0 Å². The van der Waals surface area contributed by atoms with Crippen molar-refractivity contribution in [2.24, 2.45) is 0 Å². The maximum atomic E-state index is 5.98. The van der Waals surface area contributed by atoms with Gasteiger partial charge in [-0.25, -0.2) is 0 Å². The van der Waals surface area contributed by atoms with Crippen LogP contribution in [0, 0.1) is 0 Å². The molecule has 0 amide bonds. The molecule has 6 heteroatoms. The number of rotatable bonds is 4. The van der Waals surface area contributed by atoms with Gasteiger partial charge in [-0.15, -0.1) is 0 Å². The Balaban J connectivity index is 1.82. The van der Waals surface area contributed by atoms with Crippen molar-refractivity contribution in [2.45, 2.75) is 32.9 Å². The first-order valence-corrected chi connectivity index (χ1v) is 8.72. The Hall–Kier alpha value is -0.612. The zero-order chi connectivity index (χ0) is 15.5. The van der Waals surface area contributed by atoms with Gasteiger partial charge in [-0.2, -0.15) is 0 Å². The summed E-state index contributed by atoms with van der Waals surface area (Å²) in [7, 11) is 0. The number of hydrogen-bond donors (Lipinski definition) is 1. The van der Waals surface area contributed by atoms with Crippen LogP contribution in [0.4, 0.5) is 5.82 Å². The number of nitrogens with zero attached hydrogens (tertiary/aromatic N) is 3. The van der Waals surface area contributed by atoms with Gasteiger partial charge >= 0.3 is 138 Å². The number of nitrogen functional groups attached to an aromatic ring is 1. The average Bonchev–Trinajstić information content (AvgIpc) is 2.37. The van der Waals surface area contributed by atoms with E-state index >= 15 is 0 Å². The van der Waals surface area contributed by atoms with Gasteiger partial charge < -0.3 is 0 Å². The number of piperazine rings is 1. The first kappa shape index (κ1) is 16.8. The topological polar surface area (TPSA) is 54.6 Å². The fraction of sp³-hybridized carbons (Fsp3) is 0.600. The Morgan fingerprint density at radius 2 is 1.95 bits per heavy atom. The average molecular weight is 460 g/mol. The van der Waals surface area contributed by atoms with Crippen LogP contribution in [0.5, 0.6) is 0 Å². The summed E-state index contributed by atoms with van der Waals surface area (Å²) in [6, 6.07) is 5.83. The van der Waals surface area contributed by atoms with E-state index in [2.05, 4.69) is 35.6 Å². The number of ether oxygens (including phenoxy) is 1. The predicted octanol–water partition coefficient (Wildman–Crippen LogP) is 1.23. The van der Waals surface area contributed by atoms with E-state index in [1.807, 2.05) is 18.2 Å². The minimum absolute atomic E-state index is 0.111. The van der Waals surface area contributed by atoms with E-state index < -0.39 is 0 Å². The van der Waals surface area contributed by atoms with Crippen molar-refractivity contribution in [1.82, 2.24) is 14.8 Å². The molecular formula is C15H24N4OW. The molecule has 1 saturated heterocycles.